The Morgan fingerprint density at radius 2 is 1.62 bits per heavy atom. The molecule has 0 radical (unpaired) electrons. The minimum Gasteiger partial charge on any atom is -0.435 e. The van der Waals surface area contributed by atoms with Crippen molar-refractivity contribution in [2.24, 2.45) is 0 Å². The van der Waals surface area contributed by atoms with Gasteiger partial charge in [0, 0.05) is 30.7 Å². The Hall–Kier alpha value is -3.00. The molecular formula is C24H27F2N3O3. The third-order valence-corrected chi connectivity index (χ3v) is 5.56. The Kier molecular flexibility index (Phi) is 6.99. The molecule has 2 fully saturated rings. The number of alkyl halides is 2. The fourth-order valence-electron chi connectivity index (χ4n) is 3.48. The summed E-state index contributed by atoms with van der Waals surface area (Å²) in [5, 5.41) is 5.86. The van der Waals surface area contributed by atoms with Crippen molar-refractivity contribution in [1.29, 1.82) is 0 Å². The zero-order valence-corrected chi connectivity index (χ0v) is 17.7. The number of halogens is 2. The molecule has 2 aromatic rings. The first-order chi connectivity index (χ1) is 15.5. The zero-order chi connectivity index (χ0) is 22.5. The molecule has 4 rings (SSSR count). The van der Waals surface area contributed by atoms with Crippen molar-refractivity contribution in [2.75, 3.05) is 6.54 Å². The van der Waals surface area contributed by atoms with Crippen LogP contribution in [-0.4, -0.2) is 42.0 Å². The van der Waals surface area contributed by atoms with E-state index in [9.17, 15) is 18.4 Å². The van der Waals surface area contributed by atoms with E-state index in [4.69, 9.17) is 0 Å². The van der Waals surface area contributed by atoms with Crippen LogP contribution in [0.5, 0.6) is 5.75 Å². The van der Waals surface area contributed by atoms with Gasteiger partial charge in [-0.15, -0.1) is 0 Å². The number of nitrogens with zero attached hydrogens (tertiary/aromatic N) is 1. The highest BCUT2D eigenvalue weighted by molar-refractivity contribution is 5.94. The van der Waals surface area contributed by atoms with Gasteiger partial charge in [0.25, 0.3) is 5.91 Å². The fraction of sp³-hybridized carbons (Fsp3) is 0.417. The van der Waals surface area contributed by atoms with Crippen LogP contribution in [0.15, 0.2) is 48.5 Å². The average Bonchev–Trinajstić information content (AvgIpc) is 3.67. The van der Waals surface area contributed by atoms with Crippen LogP contribution >= 0.6 is 0 Å². The Morgan fingerprint density at radius 1 is 0.969 bits per heavy atom. The van der Waals surface area contributed by atoms with E-state index >= 15 is 0 Å². The van der Waals surface area contributed by atoms with Crippen molar-refractivity contribution < 1.29 is 23.1 Å². The zero-order valence-electron chi connectivity index (χ0n) is 17.7. The minimum atomic E-state index is -2.86. The van der Waals surface area contributed by atoms with E-state index in [2.05, 4.69) is 20.3 Å². The number of carbonyl (C=O) groups excluding carboxylic acids is 2. The molecule has 0 bridgehead atoms. The summed E-state index contributed by atoms with van der Waals surface area (Å²) in [6, 6.07) is 14.5. The van der Waals surface area contributed by atoms with Crippen molar-refractivity contribution in [2.45, 2.75) is 57.5 Å². The normalized spacial score (nSPS) is 15.6. The first-order valence-electron chi connectivity index (χ1n) is 10.9. The van der Waals surface area contributed by atoms with E-state index in [0.29, 0.717) is 30.7 Å². The van der Waals surface area contributed by atoms with Gasteiger partial charge in [-0.05, 0) is 61.1 Å². The molecule has 2 N–H and O–H groups in total. The molecule has 0 atom stereocenters. The maximum absolute atomic E-state index is 12.5. The maximum Gasteiger partial charge on any atom is 0.387 e. The molecule has 2 saturated carbocycles. The summed E-state index contributed by atoms with van der Waals surface area (Å²) >= 11 is 0. The topological polar surface area (TPSA) is 70.7 Å². The molecule has 2 aliphatic carbocycles. The number of carbonyl (C=O) groups is 2. The van der Waals surface area contributed by atoms with Crippen molar-refractivity contribution in [3.8, 4) is 5.75 Å². The number of hydrogen-bond donors (Lipinski definition) is 2. The SMILES string of the molecule is O=C(CN(Cc1ccc(C(=O)NC2CC2)cc1)C1CC1)NCc1ccc(OC(F)F)cc1. The quantitative estimate of drug-likeness (QED) is 0.558. The first-order valence-corrected chi connectivity index (χ1v) is 10.9. The standard InChI is InChI=1S/C24H27F2N3O3/c25-24(26)32-21-11-3-16(4-12-21)13-27-22(30)15-29(20-9-10-20)14-17-1-5-18(6-2-17)23(31)28-19-7-8-19/h1-6,11-12,19-20,24H,7-10,13-15H2,(H,27,30)(H,28,31). The molecule has 0 spiro atoms. The van der Waals surface area contributed by atoms with Crippen LogP contribution in [0.2, 0.25) is 0 Å². The molecule has 2 amide bonds. The first kappa shape index (κ1) is 22.2. The number of ether oxygens (including phenoxy) is 1. The van der Waals surface area contributed by atoms with E-state index in [1.807, 2.05) is 24.3 Å². The Labute approximate surface area is 185 Å². The van der Waals surface area contributed by atoms with Crippen molar-refractivity contribution >= 4 is 11.8 Å². The summed E-state index contributed by atoms with van der Waals surface area (Å²) in [5.74, 6) is -0.0393. The minimum absolute atomic E-state index is 0.0359. The van der Waals surface area contributed by atoms with Gasteiger partial charge in [-0.25, -0.2) is 0 Å². The van der Waals surface area contributed by atoms with Crippen LogP contribution < -0.4 is 15.4 Å². The number of rotatable bonds is 11. The number of hydrogen-bond acceptors (Lipinski definition) is 4. The second-order valence-electron chi connectivity index (χ2n) is 8.38. The maximum atomic E-state index is 12.5. The van der Waals surface area contributed by atoms with Gasteiger partial charge in [0.15, 0.2) is 0 Å². The van der Waals surface area contributed by atoms with Crippen LogP contribution in [0.1, 0.15) is 47.2 Å². The summed E-state index contributed by atoms with van der Waals surface area (Å²) in [7, 11) is 0. The number of nitrogens with one attached hydrogen (secondary N) is 2. The largest absolute Gasteiger partial charge is 0.435 e. The van der Waals surface area contributed by atoms with E-state index in [1.165, 1.54) is 12.1 Å². The highest BCUT2D eigenvalue weighted by atomic mass is 19.3. The highest BCUT2D eigenvalue weighted by Gasteiger charge is 2.30. The van der Waals surface area contributed by atoms with Gasteiger partial charge in [-0.2, -0.15) is 8.78 Å². The molecule has 0 aliphatic heterocycles. The van der Waals surface area contributed by atoms with Crippen molar-refractivity contribution in [3.05, 3.63) is 65.2 Å². The summed E-state index contributed by atoms with van der Waals surface area (Å²) < 4.78 is 28.8. The van der Waals surface area contributed by atoms with Gasteiger partial charge < -0.3 is 15.4 Å². The lowest BCUT2D eigenvalue weighted by atomic mass is 10.1. The smallest absolute Gasteiger partial charge is 0.387 e. The number of amides is 2. The lowest BCUT2D eigenvalue weighted by molar-refractivity contribution is -0.122. The molecule has 2 aliphatic rings. The van der Waals surface area contributed by atoms with Crippen LogP contribution in [0.25, 0.3) is 0 Å². The van der Waals surface area contributed by atoms with Gasteiger partial charge in [0.05, 0.1) is 6.54 Å². The van der Waals surface area contributed by atoms with E-state index < -0.39 is 6.61 Å². The third-order valence-electron chi connectivity index (χ3n) is 5.56. The van der Waals surface area contributed by atoms with Gasteiger partial charge in [0.1, 0.15) is 5.75 Å². The molecule has 0 aromatic heterocycles. The van der Waals surface area contributed by atoms with E-state index in [1.54, 1.807) is 12.1 Å². The Morgan fingerprint density at radius 3 is 2.22 bits per heavy atom. The van der Waals surface area contributed by atoms with Crippen LogP contribution in [0.4, 0.5) is 8.78 Å². The molecule has 0 saturated heterocycles. The Bertz CT molecular complexity index is 927. The lowest BCUT2D eigenvalue weighted by Crippen LogP contribution is -2.37. The molecule has 32 heavy (non-hydrogen) atoms. The highest BCUT2D eigenvalue weighted by Crippen LogP contribution is 2.28. The van der Waals surface area contributed by atoms with Gasteiger partial charge in [-0.1, -0.05) is 24.3 Å². The molecule has 8 heteroatoms. The van der Waals surface area contributed by atoms with Gasteiger partial charge in [-0.3, -0.25) is 14.5 Å². The fourth-order valence-corrected chi connectivity index (χ4v) is 3.48. The van der Waals surface area contributed by atoms with Gasteiger partial charge >= 0.3 is 6.61 Å². The number of benzene rings is 2. The summed E-state index contributed by atoms with van der Waals surface area (Å²) in [4.78, 5) is 26.8. The predicted molar refractivity (Wildman–Crippen MR) is 115 cm³/mol. The summed E-state index contributed by atoms with van der Waals surface area (Å²) in [6.45, 7) is -1.62. The Balaban J connectivity index is 1.26. The molecule has 0 unspecified atom stereocenters. The molecular weight excluding hydrogens is 416 g/mol. The second-order valence-corrected chi connectivity index (χ2v) is 8.38. The summed E-state index contributed by atoms with van der Waals surface area (Å²) in [5.41, 5.74) is 2.52. The third kappa shape index (κ3) is 6.75. The molecule has 0 heterocycles. The van der Waals surface area contributed by atoms with E-state index in [-0.39, 0.29) is 24.1 Å². The van der Waals surface area contributed by atoms with Crippen molar-refractivity contribution in [3.63, 3.8) is 0 Å². The van der Waals surface area contributed by atoms with Crippen LogP contribution in [0, 0.1) is 0 Å². The molecule has 170 valence electrons. The molecule has 2 aromatic carbocycles. The summed E-state index contributed by atoms with van der Waals surface area (Å²) in [6.07, 6.45) is 4.25. The predicted octanol–water partition coefficient (Wildman–Crippen LogP) is 3.46. The van der Waals surface area contributed by atoms with Crippen LogP contribution in [-0.2, 0) is 17.9 Å². The lowest BCUT2D eigenvalue weighted by Gasteiger charge is -2.21. The monoisotopic (exact) mass is 443 g/mol. The van der Waals surface area contributed by atoms with E-state index in [0.717, 1.165) is 36.8 Å². The van der Waals surface area contributed by atoms with Gasteiger partial charge in [0.2, 0.25) is 5.91 Å². The van der Waals surface area contributed by atoms with Crippen molar-refractivity contribution in [1.82, 2.24) is 15.5 Å². The average molecular weight is 443 g/mol. The van der Waals surface area contributed by atoms with Crippen LogP contribution in [0.3, 0.4) is 0 Å². The second kappa shape index (κ2) is 10.1. The molecule has 6 nitrogen and oxygen atoms in total.